The Bertz CT molecular complexity index is 1800. The van der Waals surface area contributed by atoms with E-state index in [0.717, 1.165) is 5.56 Å². The van der Waals surface area contributed by atoms with Gasteiger partial charge in [-0.05, 0) is 89.9 Å². The first-order valence-electron chi connectivity index (χ1n) is 14.8. The Morgan fingerprint density at radius 2 is 1.51 bits per heavy atom. The van der Waals surface area contributed by atoms with Gasteiger partial charge in [-0.3, -0.25) is 14.4 Å². The zero-order valence-electron chi connectivity index (χ0n) is 25.7. The van der Waals surface area contributed by atoms with E-state index >= 15 is 0 Å². The fourth-order valence-corrected chi connectivity index (χ4v) is 5.27. The van der Waals surface area contributed by atoms with Crippen LogP contribution in [0, 0.1) is 0 Å². The second kappa shape index (κ2) is 14.4. The number of carbonyl (C=O) groups excluding carboxylic acids is 3. The van der Waals surface area contributed by atoms with Crippen molar-refractivity contribution in [2.45, 2.75) is 18.4 Å². The summed E-state index contributed by atoms with van der Waals surface area (Å²) in [5, 5.41) is 34.7. The molecule has 11 nitrogen and oxygen atoms in total. The largest absolute Gasteiger partial charge is 0.508 e. The molecule has 5 N–H and O–H groups in total. The van der Waals surface area contributed by atoms with Gasteiger partial charge < -0.3 is 40.2 Å². The van der Waals surface area contributed by atoms with Crippen LogP contribution in [0.4, 0.5) is 0 Å². The number of methoxy groups -OCH3 is 2. The summed E-state index contributed by atoms with van der Waals surface area (Å²) in [6.07, 6.45) is 2.68. The molecule has 5 rings (SSSR count). The molecule has 0 spiro atoms. The maximum atomic E-state index is 13.8. The minimum atomic E-state index is -0.951. The molecule has 2 unspecified atom stereocenters. The molecule has 2 atom stereocenters. The molecule has 0 aliphatic carbocycles. The molecule has 1 aliphatic rings. The van der Waals surface area contributed by atoms with Crippen LogP contribution in [0.1, 0.15) is 44.6 Å². The smallest absolute Gasteiger partial charge is 0.244 e. The maximum Gasteiger partial charge on any atom is 0.244 e. The van der Waals surface area contributed by atoms with Gasteiger partial charge in [0.15, 0.2) is 28.8 Å². The van der Waals surface area contributed by atoms with E-state index in [4.69, 9.17) is 14.2 Å². The molecule has 0 bridgehead atoms. The topological polar surface area (TPSA) is 164 Å². The van der Waals surface area contributed by atoms with Crippen LogP contribution in [0.25, 0.3) is 6.08 Å². The fourth-order valence-electron chi connectivity index (χ4n) is 5.27. The van der Waals surface area contributed by atoms with E-state index in [2.05, 4.69) is 10.6 Å². The molecular weight excluding hydrogens is 604 g/mol. The van der Waals surface area contributed by atoms with Gasteiger partial charge in [-0.15, -0.1) is 0 Å². The number of benzene rings is 4. The number of amides is 2. The molecule has 0 saturated carbocycles. The van der Waals surface area contributed by atoms with Crippen molar-refractivity contribution in [3.05, 3.63) is 113 Å². The first-order valence-corrected chi connectivity index (χ1v) is 14.8. The van der Waals surface area contributed by atoms with Gasteiger partial charge in [-0.1, -0.05) is 18.2 Å². The lowest BCUT2D eigenvalue weighted by molar-refractivity contribution is -0.123. The molecule has 2 amide bonds. The zero-order chi connectivity index (χ0) is 33.5. The standard InChI is InChI=1S/C36H34N2O9/c1-45-30-19-24(8-13-28(30)41)34-33(36(44)38-20-29(42)23-6-11-26(40)12-7-23)27-17-22(18-31(46-2)35(27)47-34)5-14-32(43)37-16-15-21-3-9-25(39)10-4-21/h3-14,17-19,33-34,39-41H,15-16,20H2,1-2H3,(H,37,43)(H,38,44)/b14-5+. The number of rotatable bonds is 12. The zero-order valence-corrected chi connectivity index (χ0v) is 25.7. The van der Waals surface area contributed by atoms with E-state index in [9.17, 15) is 29.7 Å². The Morgan fingerprint density at radius 1 is 0.830 bits per heavy atom. The van der Waals surface area contributed by atoms with Crippen LogP contribution in [0.3, 0.4) is 0 Å². The number of ether oxygens (including phenoxy) is 3. The Morgan fingerprint density at radius 3 is 2.19 bits per heavy atom. The second-order valence-corrected chi connectivity index (χ2v) is 10.8. The summed E-state index contributed by atoms with van der Waals surface area (Å²) in [5.74, 6) is -1.17. The third-order valence-corrected chi connectivity index (χ3v) is 7.71. The molecule has 11 heteroatoms. The van der Waals surface area contributed by atoms with Gasteiger partial charge in [0.2, 0.25) is 11.8 Å². The van der Waals surface area contributed by atoms with Crippen molar-refractivity contribution in [1.82, 2.24) is 10.6 Å². The summed E-state index contributed by atoms with van der Waals surface area (Å²) in [5.41, 5.74) is 2.86. The van der Waals surface area contributed by atoms with Crippen LogP contribution in [-0.4, -0.2) is 60.2 Å². The number of ketones is 1. The van der Waals surface area contributed by atoms with Crippen molar-refractivity contribution in [3.8, 4) is 34.5 Å². The predicted octanol–water partition coefficient (Wildman–Crippen LogP) is 4.41. The number of hydrogen-bond acceptors (Lipinski definition) is 9. The highest BCUT2D eigenvalue weighted by Crippen LogP contribution is 2.51. The Hall–Kier alpha value is -5.97. The molecule has 1 heterocycles. The van der Waals surface area contributed by atoms with Gasteiger partial charge in [0.25, 0.3) is 0 Å². The minimum Gasteiger partial charge on any atom is -0.508 e. The maximum absolute atomic E-state index is 13.8. The van der Waals surface area contributed by atoms with Crippen LogP contribution in [-0.2, 0) is 16.0 Å². The number of phenolic OH excluding ortho intramolecular Hbond substituents is 3. The van der Waals surface area contributed by atoms with Crippen molar-refractivity contribution in [2.75, 3.05) is 27.3 Å². The molecular formula is C36H34N2O9. The predicted molar refractivity (Wildman–Crippen MR) is 173 cm³/mol. The third kappa shape index (κ3) is 7.64. The number of phenols is 3. The highest BCUT2D eigenvalue weighted by molar-refractivity contribution is 6.00. The van der Waals surface area contributed by atoms with E-state index in [-0.39, 0.29) is 41.2 Å². The average Bonchev–Trinajstić information content (AvgIpc) is 3.47. The van der Waals surface area contributed by atoms with Crippen LogP contribution in [0.15, 0.2) is 84.9 Å². The fraction of sp³-hybridized carbons (Fsp3) is 0.194. The molecule has 47 heavy (non-hydrogen) atoms. The summed E-state index contributed by atoms with van der Waals surface area (Å²) in [6, 6.07) is 20.5. The van der Waals surface area contributed by atoms with E-state index < -0.39 is 17.9 Å². The van der Waals surface area contributed by atoms with Gasteiger partial charge in [0.1, 0.15) is 23.5 Å². The molecule has 4 aromatic rings. The Kier molecular flexibility index (Phi) is 9.95. The highest BCUT2D eigenvalue weighted by atomic mass is 16.5. The molecule has 242 valence electrons. The van der Waals surface area contributed by atoms with E-state index in [1.165, 1.54) is 50.6 Å². The first kappa shape index (κ1) is 32.4. The molecule has 0 radical (unpaired) electrons. The van der Waals surface area contributed by atoms with Gasteiger partial charge in [0.05, 0.1) is 20.8 Å². The lowest BCUT2D eigenvalue weighted by atomic mass is 9.89. The van der Waals surface area contributed by atoms with Crippen LogP contribution < -0.4 is 24.8 Å². The van der Waals surface area contributed by atoms with Crippen molar-refractivity contribution >= 4 is 23.7 Å². The summed E-state index contributed by atoms with van der Waals surface area (Å²) >= 11 is 0. The van der Waals surface area contributed by atoms with Gasteiger partial charge >= 0.3 is 0 Å². The van der Waals surface area contributed by atoms with E-state index in [0.29, 0.717) is 46.7 Å². The lowest BCUT2D eigenvalue weighted by Gasteiger charge is -2.20. The Balaban J connectivity index is 1.39. The number of Topliss-reactive ketones (excluding diaryl/α,β-unsaturated/α-hetero) is 1. The summed E-state index contributed by atoms with van der Waals surface area (Å²) < 4.78 is 17.2. The van der Waals surface area contributed by atoms with Crippen LogP contribution >= 0.6 is 0 Å². The van der Waals surface area contributed by atoms with Crippen LogP contribution in [0.2, 0.25) is 0 Å². The van der Waals surface area contributed by atoms with Crippen molar-refractivity contribution < 1.29 is 43.9 Å². The van der Waals surface area contributed by atoms with Crippen LogP contribution in [0.5, 0.6) is 34.5 Å². The lowest BCUT2D eigenvalue weighted by Crippen LogP contribution is -2.35. The second-order valence-electron chi connectivity index (χ2n) is 10.8. The molecule has 0 saturated heterocycles. The molecule has 0 fully saturated rings. The normalized spacial score (nSPS) is 15.0. The SMILES string of the molecule is COc1cc(C2Oc3c(OC)cc(/C=C/C(=O)NCCc4ccc(O)cc4)cc3C2C(=O)NCC(=O)c2ccc(O)cc2)ccc1O. The van der Waals surface area contributed by atoms with Gasteiger partial charge in [0, 0.05) is 23.7 Å². The van der Waals surface area contributed by atoms with E-state index in [1.807, 2.05) is 0 Å². The Labute approximate surface area is 271 Å². The molecule has 1 aliphatic heterocycles. The number of aromatic hydroxyl groups is 3. The summed E-state index contributed by atoms with van der Waals surface area (Å²) in [4.78, 5) is 39.2. The first-order chi connectivity index (χ1) is 22.7. The number of hydrogen-bond donors (Lipinski definition) is 5. The van der Waals surface area contributed by atoms with Crippen molar-refractivity contribution in [2.24, 2.45) is 0 Å². The third-order valence-electron chi connectivity index (χ3n) is 7.71. The van der Waals surface area contributed by atoms with Gasteiger partial charge in [-0.2, -0.15) is 0 Å². The number of carbonyl (C=O) groups is 3. The van der Waals surface area contributed by atoms with Crippen molar-refractivity contribution in [1.29, 1.82) is 0 Å². The quantitative estimate of drug-likeness (QED) is 0.112. The molecule has 4 aromatic carbocycles. The highest BCUT2D eigenvalue weighted by Gasteiger charge is 2.43. The van der Waals surface area contributed by atoms with E-state index in [1.54, 1.807) is 54.6 Å². The monoisotopic (exact) mass is 638 g/mol. The minimum absolute atomic E-state index is 0.0165. The average molecular weight is 639 g/mol. The molecule has 0 aromatic heterocycles. The number of fused-ring (bicyclic) bond motifs is 1. The van der Waals surface area contributed by atoms with Crippen molar-refractivity contribution in [3.63, 3.8) is 0 Å². The summed E-state index contributed by atoms with van der Waals surface area (Å²) in [7, 11) is 2.87. The number of nitrogens with one attached hydrogen (secondary N) is 2. The van der Waals surface area contributed by atoms with Gasteiger partial charge in [-0.25, -0.2) is 0 Å². The summed E-state index contributed by atoms with van der Waals surface area (Å²) in [6.45, 7) is 0.0836.